The minimum atomic E-state index is 0.269. The summed E-state index contributed by atoms with van der Waals surface area (Å²) < 4.78 is 0. The molecule has 0 aliphatic carbocycles. The highest BCUT2D eigenvalue weighted by atomic mass is 16.3. The van der Waals surface area contributed by atoms with Crippen molar-refractivity contribution < 1.29 is 5.11 Å². The third-order valence-corrected chi connectivity index (χ3v) is 4.07. The molecule has 0 atom stereocenters. The number of rotatable bonds is 6. The van der Waals surface area contributed by atoms with E-state index in [1.165, 1.54) is 11.1 Å². The summed E-state index contributed by atoms with van der Waals surface area (Å²) in [5.41, 5.74) is 12.7. The number of phenolic OH excluding ortho intramolecular Hbond substituents is 1. The fourth-order valence-electron chi connectivity index (χ4n) is 2.74. The van der Waals surface area contributed by atoms with Gasteiger partial charge in [-0.3, -0.25) is 0 Å². The Balaban J connectivity index is 2.26. The Morgan fingerprint density at radius 2 is 1.61 bits per heavy atom. The predicted octanol–water partition coefficient (Wildman–Crippen LogP) is 3.87. The molecule has 0 heterocycles. The zero-order valence-corrected chi connectivity index (χ0v) is 14.4. The Labute approximate surface area is 140 Å². The molecule has 0 amide bonds. The first-order valence-electron chi connectivity index (χ1n) is 8.22. The van der Waals surface area contributed by atoms with E-state index >= 15 is 0 Å². The number of phenols is 1. The van der Waals surface area contributed by atoms with Gasteiger partial charge in [-0.25, -0.2) is 0 Å². The number of benzene rings is 2. The van der Waals surface area contributed by atoms with E-state index in [0.29, 0.717) is 5.75 Å². The lowest BCUT2D eigenvalue weighted by atomic mass is 9.89. The molecule has 0 spiro atoms. The number of aromatic hydroxyl groups is 1. The van der Waals surface area contributed by atoms with Crippen LogP contribution in [0.25, 0.3) is 0 Å². The molecule has 0 bridgehead atoms. The Bertz CT molecular complexity index is 658. The monoisotopic (exact) mass is 308 g/mol. The lowest BCUT2D eigenvalue weighted by Crippen LogP contribution is -2.16. The molecule has 3 nitrogen and oxygen atoms in total. The highest BCUT2D eigenvalue weighted by molar-refractivity contribution is 6.32. The van der Waals surface area contributed by atoms with Crippen LogP contribution in [0.5, 0.6) is 5.75 Å². The SMILES string of the molecule is [B]c1cc(CC)c(NNc2ccc(O)c(C(C)C)c2)c(CC)c1. The fourth-order valence-corrected chi connectivity index (χ4v) is 2.74. The van der Waals surface area contributed by atoms with Gasteiger partial charge in [0, 0.05) is 0 Å². The zero-order valence-electron chi connectivity index (χ0n) is 14.4. The van der Waals surface area contributed by atoms with Crippen molar-refractivity contribution in [1.82, 2.24) is 0 Å². The number of aryl methyl sites for hydroxylation is 2. The summed E-state index contributed by atoms with van der Waals surface area (Å²) in [5, 5.41) is 9.92. The summed E-state index contributed by atoms with van der Waals surface area (Å²) in [6, 6.07) is 9.59. The van der Waals surface area contributed by atoms with Crippen LogP contribution in [0.4, 0.5) is 11.4 Å². The lowest BCUT2D eigenvalue weighted by molar-refractivity contribution is 0.465. The molecule has 0 aliphatic rings. The molecule has 2 aromatic rings. The molecule has 0 aromatic heterocycles. The highest BCUT2D eigenvalue weighted by Crippen LogP contribution is 2.29. The standard InChI is InChI=1S/C19H25BN2O/c1-5-13-9-15(20)10-14(6-2)19(13)22-21-16-7-8-18(23)17(11-16)12(3)4/h7-12,21-23H,5-6H2,1-4H3. The second kappa shape index (κ2) is 7.45. The largest absolute Gasteiger partial charge is 0.508 e. The average molecular weight is 308 g/mol. The number of nitrogens with one attached hydrogen (secondary N) is 2. The molecule has 2 aromatic carbocycles. The molecule has 2 radical (unpaired) electrons. The van der Waals surface area contributed by atoms with Crippen LogP contribution in [0.1, 0.15) is 50.3 Å². The normalized spacial score (nSPS) is 10.8. The van der Waals surface area contributed by atoms with Crippen LogP contribution in [0.2, 0.25) is 0 Å². The van der Waals surface area contributed by atoms with E-state index in [-0.39, 0.29) is 5.92 Å². The van der Waals surface area contributed by atoms with Crippen molar-refractivity contribution in [3.63, 3.8) is 0 Å². The van der Waals surface area contributed by atoms with E-state index in [9.17, 15) is 5.11 Å². The van der Waals surface area contributed by atoms with Gasteiger partial charge in [-0.1, -0.05) is 45.3 Å². The van der Waals surface area contributed by atoms with E-state index in [1.54, 1.807) is 6.07 Å². The topological polar surface area (TPSA) is 44.3 Å². The first kappa shape index (κ1) is 17.3. The van der Waals surface area contributed by atoms with Gasteiger partial charge < -0.3 is 16.0 Å². The molecular weight excluding hydrogens is 283 g/mol. The Kier molecular flexibility index (Phi) is 5.59. The first-order chi connectivity index (χ1) is 11.0. The van der Waals surface area contributed by atoms with Crippen LogP contribution < -0.4 is 16.3 Å². The summed E-state index contributed by atoms with van der Waals surface area (Å²) in [6.07, 6.45) is 1.82. The smallest absolute Gasteiger partial charge is 0.119 e. The summed E-state index contributed by atoms with van der Waals surface area (Å²) in [7, 11) is 5.98. The minimum absolute atomic E-state index is 0.269. The molecule has 0 saturated carbocycles. The molecule has 120 valence electrons. The lowest BCUT2D eigenvalue weighted by Gasteiger charge is -2.19. The van der Waals surface area contributed by atoms with Crippen LogP contribution in [0.15, 0.2) is 30.3 Å². The molecule has 3 N–H and O–H groups in total. The zero-order chi connectivity index (χ0) is 17.0. The second-order valence-corrected chi connectivity index (χ2v) is 6.10. The number of anilines is 2. The maximum atomic E-state index is 9.92. The minimum Gasteiger partial charge on any atom is -0.508 e. The van der Waals surface area contributed by atoms with E-state index in [0.717, 1.165) is 35.2 Å². The van der Waals surface area contributed by atoms with Crippen molar-refractivity contribution in [1.29, 1.82) is 0 Å². The molecular formula is C19H25BN2O. The highest BCUT2D eigenvalue weighted by Gasteiger charge is 2.09. The molecule has 23 heavy (non-hydrogen) atoms. The molecule has 0 aliphatic heterocycles. The van der Waals surface area contributed by atoms with Crippen molar-refractivity contribution in [2.24, 2.45) is 0 Å². The predicted molar refractivity (Wildman–Crippen MR) is 100 cm³/mol. The molecule has 0 fully saturated rings. The Hall–Kier alpha value is -2.10. The maximum absolute atomic E-state index is 9.92. The summed E-state index contributed by atoms with van der Waals surface area (Å²) in [5.74, 6) is 0.604. The van der Waals surface area contributed by atoms with Crippen LogP contribution in [-0.4, -0.2) is 13.0 Å². The van der Waals surface area contributed by atoms with Gasteiger partial charge in [-0.15, -0.1) is 0 Å². The second-order valence-electron chi connectivity index (χ2n) is 6.10. The van der Waals surface area contributed by atoms with Gasteiger partial charge in [0.2, 0.25) is 0 Å². The Morgan fingerprint density at radius 3 is 2.13 bits per heavy atom. The molecule has 4 heteroatoms. The van der Waals surface area contributed by atoms with E-state index in [2.05, 4.69) is 38.5 Å². The maximum Gasteiger partial charge on any atom is 0.119 e. The van der Waals surface area contributed by atoms with Gasteiger partial charge in [0.1, 0.15) is 13.6 Å². The van der Waals surface area contributed by atoms with E-state index < -0.39 is 0 Å². The van der Waals surface area contributed by atoms with Gasteiger partial charge in [0.05, 0.1) is 11.4 Å². The third kappa shape index (κ3) is 4.01. The van der Waals surface area contributed by atoms with Crippen LogP contribution >= 0.6 is 0 Å². The molecule has 0 unspecified atom stereocenters. The van der Waals surface area contributed by atoms with Crippen molar-refractivity contribution in [3.05, 3.63) is 47.0 Å². The van der Waals surface area contributed by atoms with Gasteiger partial charge in [-0.2, -0.15) is 0 Å². The average Bonchev–Trinajstić information content (AvgIpc) is 2.53. The van der Waals surface area contributed by atoms with Crippen molar-refractivity contribution in [2.75, 3.05) is 10.9 Å². The van der Waals surface area contributed by atoms with Crippen molar-refractivity contribution in [3.8, 4) is 5.75 Å². The van der Waals surface area contributed by atoms with Crippen LogP contribution in [-0.2, 0) is 12.8 Å². The van der Waals surface area contributed by atoms with Crippen molar-refractivity contribution >= 4 is 24.7 Å². The molecule has 0 saturated heterocycles. The third-order valence-electron chi connectivity index (χ3n) is 4.07. The summed E-state index contributed by atoms with van der Waals surface area (Å²) in [6.45, 7) is 8.38. The first-order valence-corrected chi connectivity index (χ1v) is 8.22. The van der Waals surface area contributed by atoms with Crippen LogP contribution in [0.3, 0.4) is 0 Å². The van der Waals surface area contributed by atoms with E-state index in [1.807, 2.05) is 24.3 Å². The molecule has 2 rings (SSSR count). The number of hydrazine groups is 1. The van der Waals surface area contributed by atoms with E-state index in [4.69, 9.17) is 7.85 Å². The van der Waals surface area contributed by atoms with Gasteiger partial charge in [-0.05, 0) is 53.6 Å². The summed E-state index contributed by atoms with van der Waals surface area (Å²) >= 11 is 0. The van der Waals surface area contributed by atoms with Crippen molar-refractivity contribution in [2.45, 2.75) is 46.5 Å². The number of hydrogen-bond donors (Lipinski definition) is 3. The fraction of sp³-hybridized carbons (Fsp3) is 0.368. The number of hydrogen-bond acceptors (Lipinski definition) is 3. The summed E-state index contributed by atoms with van der Waals surface area (Å²) in [4.78, 5) is 0. The quantitative estimate of drug-likeness (QED) is 0.431. The van der Waals surface area contributed by atoms with Gasteiger partial charge >= 0.3 is 0 Å². The van der Waals surface area contributed by atoms with Crippen LogP contribution in [0, 0.1) is 0 Å². The van der Waals surface area contributed by atoms with Gasteiger partial charge in [0.15, 0.2) is 0 Å². The van der Waals surface area contributed by atoms with Gasteiger partial charge in [0.25, 0.3) is 0 Å². The Morgan fingerprint density at radius 1 is 1.00 bits per heavy atom.